The molecule has 4 nitrogen and oxygen atoms in total. The summed E-state index contributed by atoms with van der Waals surface area (Å²) in [4.78, 5) is 8.61. The van der Waals surface area contributed by atoms with E-state index in [1.165, 1.54) is 19.3 Å². The van der Waals surface area contributed by atoms with Gasteiger partial charge in [-0.1, -0.05) is 13.8 Å². The zero-order valence-electron chi connectivity index (χ0n) is 11.4. The number of aromatic nitrogens is 2. The van der Waals surface area contributed by atoms with E-state index < -0.39 is 0 Å². The maximum absolute atomic E-state index is 5.62. The van der Waals surface area contributed by atoms with Crippen LogP contribution >= 0.6 is 0 Å². The van der Waals surface area contributed by atoms with Gasteiger partial charge >= 0.3 is 0 Å². The van der Waals surface area contributed by atoms with Crippen molar-refractivity contribution in [2.75, 3.05) is 6.61 Å². The molecule has 0 saturated heterocycles. The van der Waals surface area contributed by atoms with Gasteiger partial charge in [0.05, 0.1) is 18.5 Å². The zero-order chi connectivity index (χ0) is 12.8. The summed E-state index contributed by atoms with van der Waals surface area (Å²) >= 11 is 0. The van der Waals surface area contributed by atoms with Gasteiger partial charge in [-0.3, -0.25) is 4.98 Å². The molecule has 1 aliphatic carbocycles. The van der Waals surface area contributed by atoms with Crippen molar-refractivity contribution in [3.8, 4) is 5.88 Å². The molecule has 1 saturated carbocycles. The molecule has 0 amide bonds. The first-order valence-corrected chi connectivity index (χ1v) is 6.91. The molecular weight excluding hydrogens is 226 g/mol. The number of rotatable bonds is 8. The minimum absolute atomic E-state index is 0.647. The minimum Gasteiger partial charge on any atom is -0.477 e. The SMILES string of the molecule is CC(C)CCCOc1cncc(CNC2CC2)n1. The number of nitrogens with one attached hydrogen (secondary N) is 1. The summed E-state index contributed by atoms with van der Waals surface area (Å²) < 4.78 is 5.62. The van der Waals surface area contributed by atoms with Gasteiger partial charge in [-0.2, -0.15) is 0 Å². The fraction of sp³-hybridized carbons (Fsp3) is 0.714. The quantitative estimate of drug-likeness (QED) is 0.719. The molecule has 2 rings (SSSR count). The maximum Gasteiger partial charge on any atom is 0.232 e. The Balaban J connectivity index is 1.71. The topological polar surface area (TPSA) is 47.0 Å². The Morgan fingerprint density at radius 3 is 2.94 bits per heavy atom. The molecular formula is C14H23N3O. The summed E-state index contributed by atoms with van der Waals surface area (Å²) in [5.41, 5.74) is 0.961. The third-order valence-corrected chi connectivity index (χ3v) is 2.99. The van der Waals surface area contributed by atoms with Crippen molar-refractivity contribution in [3.05, 3.63) is 18.1 Å². The predicted octanol–water partition coefficient (Wildman–Crippen LogP) is 2.54. The van der Waals surface area contributed by atoms with Crippen LogP contribution in [0.1, 0.15) is 45.2 Å². The summed E-state index contributed by atoms with van der Waals surface area (Å²) in [7, 11) is 0. The summed E-state index contributed by atoms with van der Waals surface area (Å²) in [6.07, 6.45) is 8.34. The van der Waals surface area contributed by atoms with Gasteiger partial charge in [0.25, 0.3) is 0 Å². The lowest BCUT2D eigenvalue weighted by molar-refractivity contribution is 0.285. The van der Waals surface area contributed by atoms with Gasteiger partial charge in [-0.05, 0) is 31.6 Å². The van der Waals surface area contributed by atoms with Gasteiger partial charge in [0.1, 0.15) is 0 Å². The van der Waals surface area contributed by atoms with Crippen LogP contribution in [0.4, 0.5) is 0 Å². The first-order valence-electron chi connectivity index (χ1n) is 6.91. The molecule has 4 heteroatoms. The van der Waals surface area contributed by atoms with Gasteiger partial charge in [0.2, 0.25) is 5.88 Å². The second-order valence-electron chi connectivity index (χ2n) is 5.39. The monoisotopic (exact) mass is 249 g/mol. The number of ether oxygens (including phenoxy) is 1. The van der Waals surface area contributed by atoms with Crippen LogP contribution in [0.2, 0.25) is 0 Å². The van der Waals surface area contributed by atoms with Crippen molar-refractivity contribution >= 4 is 0 Å². The molecule has 0 bridgehead atoms. The van der Waals surface area contributed by atoms with Crippen LogP contribution in [-0.2, 0) is 6.54 Å². The van der Waals surface area contributed by atoms with E-state index in [1.807, 2.05) is 0 Å². The van der Waals surface area contributed by atoms with E-state index in [2.05, 4.69) is 29.1 Å². The molecule has 0 aromatic carbocycles. The van der Waals surface area contributed by atoms with Crippen LogP contribution < -0.4 is 10.1 Å². The molecule has 0 unspecified atom stereocenters. The van der Waals surface area contributed by atoms with Gasteiger partial charge in [-0.15, -0.1) is 0 Å². The lowest BCUT2D eigenvalue weighted by Gasteiger charge is -2.08. The molecule has 1 aromatic rings. The molecule has 1 N–H and O–H groups in total. The molecule has 0 aliphatic heterocycles. The standard InChI is InChI=1S/C14H23N3O/c1-11(2)4-3-7-18-14-10-15-8-13(17-14)9-16-12-5-6-12/h8,10-12,16H,3-7,9H2,1-2H3. The maximum atomic E-state index is 5.62. The van der Waals surface area contributed by atoms with E-state index in [9.17, 15) is 0 Å². The highest BCUT2D eigenvalue weighted by Crippen LogP contribution is 2.19. The third kappa shape index (κ3) is 5.00. The van der Waals surface area contributed by atoms with Crippen LogP contribution in [-0.4, -0.2) is 22.6 Å². The Hall–Kier alpha value is -1.16. The highest BCUT2D eigenvalue weighted by atomic mass is 16.5. The number of hydrogen-bond acceptors (Lipinski definition) is 4. The van der Waals surface area contributed by atoms with Gasteiger partial charge in [0.15, 0.2) is 0 Å². The van der Waals surface area contributed by atoms with Crippen molar-refractivity contribution in [2.24, 2.45) is 5.92 Å². The van der Waals surface area contributed by atoms with Crippen molar-refractivity contribution in [2.45, 2.75) is 52.1 Å². The Labute approximate surface area is 109 Å². The number of hydrogen-bond donors (Lipinski definition) is 1. The van der Waals surface area contributed by atoms with Crippen molar-refractivity contribution in [3.63, 3.8) is 0 Å². The summed E-state index contributed by atoms with van der Waals surface area (Å²) in [5.74, 6) is 1.38. The summed E-state index contributed by atoms with van der Waals surface area (Å²) in [6, 6.07) is 0.697. The number of nitrogens with zero attached hydrogens (tertiary/aromatic N) is 2. The van der Waals surface area contributed by atoms with Gasteiger partial charge in [0, 0.05) is 18.8 Å². The third-order valence-electron chi connectivity index (χ3n) is 2.99. The van der Waals surface area contributed by atoms with Crippen molar-refractivity contribution in [1.29, 1.82) is 0 Å². The molecule has 0 spiro atoms. The molecule has 18 heavy (non-hydrogen) atoms. The summed E-state index contributed by atoms with van der Waals surface area (Å²) in [5, 5.41) is 3.42. The molecule has 1 fully saturated rings. The lowest BCUT2D eigenvalue weighted by atomic mass is 10.1. The normalized spacial score (nSPS) is 15.1. The largest absolute Gasteiger partial charge is 0.477 e. The van der Waals surface area contributed by atoms with Crippen LogP contribution in [0.3, 0.4) is 0 Å². The molecule has 0 atom stereocenters. The highest BCUT2D eigenvalue weighted by molar-refractivity contribution is 5.08. The van der Waals surface area contributed by atoms with Crippen LogP contribution in [0, 0.1) is 5.92 Å². The lowest BCUT2D eigenvalue weighted by Crippen LogP contribution is -2.16. The second-order valence-corrected chi connectivity index (χ2v) is 5.39. The fourth-order valence-electron chi connectivity index (χ4n) is 1.75. The summed E-state index contributed by atoms with van der Waals surface area (Å²) in [6.45, 7) is 5.97. The van der Waals surface area contributed by atoms with E-state index in [0.29, 0.717) is 11.9 Å². The zero-order valence-corrected chi connectivity index (χ0v) is 11.4. The van der Waals surface area contributed by atoms with Crippen LogP contribution in [0.25, 0.3) is 0 Å². The smallest absolute Gasteiger partial charge is 0.232 e. The average Bonchev–Trinajstić information content (AvgIpc) is 3.17. The Morgan fingerprint density at radius 1 is 1.39 bits per heavy atom. The molecule has 1 aliphatic rings. The van der Waals surface area contributed by atoms with Crippen LogP contribution in [0.5, 0.6) is 5.88 Å². The first-order chi connectivity index (χ1) is 8.74. The second kappa shape index (κ2) is 6.69. The fourth-order valence-corrected chi connectivity index (χ4v) is 1.75. The van der Waals surface area contributed by atoms with E-state index >= 15 is 0 Å². The van der Waals surface area contributed by atoms with Gasteiger partial charge < -0.3 is 10.1 Å². The molecule has 1 aromatic heterocycles. The first kappa shape index (κ1) is 13.3. The van der Waals surface area contributed by atoms with Crippen LogP contribution in [0.15, 0.2) is 12.4 Å². The van der Waals surface area contributed by atoms with E-state index in [4.69, 9.17) is 4.74 Å². The molecule has 0 radical (unpaired) electrons. The molecule has 100 valence electrons. The highest BCUT2D eigenvalue weighted by Gasteiger charge is 2.20. The predicted molar refractivity (Wildman–Crippen MR) is 71.5 cm³/mol. The Kier molecular flexibility index (Phi) is 4.93. The average molecular weight is 249 g/mol. The Bertz CT molecular complexity index is 364. The van der Waals surface area contributed by atoms with E-state index in [-0.39, 0.29) is 0 Å². The van der Waals surface area contributed by atoms with E-state index in [1.54, 1.807) is 12.4 Å². The molecule has 1 heterocycles. The van der Waals surface area contributed by atoms with Crippen molar-refractivity contribution in [1.82, 2.24) is 15.3 Å². The van der Waals surface area contributed by atoms with Gasteiger partial charge in [-0.25, -0.2) is 4.98 Å². The van der Waals surface area contributed by atoms with E-state index in [0.717, 1.165) is 31.2 Å². The minimum atomic E-state index is 0.647. The van der Waals surface area contributed by atoms with Crippen molar-refractivity contribution < 1.29 is 4.74 Å². The Morgan fingerprint density at radius 2 is 2.22 bits per heavy atom.